The van der Waals surface area contributed by atoms with E-state index >= 15 is 0 Å². The second-order valence-electron chi connectivity index (χ2n) is 7.96. The summed E-state index contributed by atoms with van der Waals surface area (Å²) < 4.78 is 5.01. The summed E-state index contributed by atoms with van der Waals surface area (Å²) in [6, 6.07) is 9.35. The van der Waals surface area contributed by atoms with Gasteiger partial charge in [0.2, 0.25) is 0 Å². The number of hydrogen-bond acceptors (Lipinski definition) is 7. The van der Waals surface area contributed by atoms with Crippen LogP contribution in [0.5, 0.6) is 0 Å². The van der Waals surface area contributed by atoms with Gasteiger partial charge < -0.3 is 10.1 Å². The molecule has 1 aliphatic carbocycles. The molecule has 1 saturated carbocycles. The molecule has 0 saturated heterocycles. The first-order valence-electron chi connectivity index (χ1n) is 10.6. The van der Waals surface area contributed by atoms with E-state index in [1.807, 2.05) is 0 Å². The summed E-state index contributed by atoms with van der Waals surface area (Å²) in [5.41, 5.74) is 0.453. The van der Waals surface area contributed by atoms with Gasteiger partial charge in [-0.25, -0.2) is 4.79 Å². The minimum Gasteiger partial charge on any atom is -0.452 e. The van der Waals surface area contributed by atoms with Crippen LogP contribution in [0.25, 0.3) is 0 Å². The summed E-state index contributed by atoms with van der Waals surface area (Å²) >= 11 is 0. The number of imide groups is 1. The van der Waals surface area contributed by atoms with Crippen LogP contribution < -0.4 is 5.32 Å². The van der Waals surface area contributed by atoms with Gasteiger partial charge in [0.1, 0.15) is 0 Å². The van der Waals surface area contributed by atoms with E-state index in [0.29, 0.717) is 0 Å². The predicted octanol–water partition coefficient (Wildman–Crippen LogP) is 3.32. The Hall–Kier alpha value is -4.08. The lowest BCUT2D eigenvalue weighted by molar-refractivity contribution is -0.384. The van der Waals surface area contributed by atoms with Crippen molar-refractivity contribution in [2.24, 2.45) is 0 Å². The van der Waals surface area contributed by atoms with Crippen molar-refractivity contribution in [1.82, 2.24) is 4.90 Å². The van der Waals surface area contributed by atoms with Gasteiger partial charge in [-0.3, -0.25) is 29.4 Å². The second kappa shape index (κ2) is 9.19. The quantitative estimate of drug-likeness (QED) is 0.308. The Morgan fingerprint density at radius 1 is 1.03 bits per heavy atom. The van der Waals surface area contributed by atoms with Crippen LogP contribution in [0.4, 0.5) is 11.4 Å². The number of carbonyl (C=O) groups excluding carboxylic acids is 4. The number of benzene rings is 2. The van der Waals surface area contributed by atoms with Crippen LogP contribution in [-0.4, -0.2) is 46.2 Å². The van der Waals surface area contributed by atoms with Crippen LogP contribution in [0.1, 0.15) is 63.2 Å². The second-order valence-corrected chi connectivity index (χ2v) is 7.96. The third-order valence-corrected chi connectivity index (χ3v) is 5.77. The SMILES string of the molecule is O=C(COC(=O)c1ccc2c(c1)C(=O)N(C1CCCCC1)C2=O)Nc1cccc([N+](=O)[O-])c1. The number of amides is 3. The molecule has 2 aromatic rings. The first-order valence-corrected chi connectivity index (χ1v) is 10.6. The number of rotatable bonds is 6. The molecule has 3 amide bonds. The Kier molecular flexibility index (Phi) is 6.16. The van der Waals surface area contributed by atoms with Gasteiger partial charge in [0, 0.05) is 23.9 Å². The molecule has 0 radical (unpaired) electrons. The van der Waals surface area contributed by atoms with Crippen LogP contribution in [0.15, 0.2) is 42.5 Å². The van der Waals surface area contributed by atoms with Crippen LogP contribution >= 0.6 is 0 Å². The van der Waals surface area contributed by atoms with Crippen molar-refractivity contribution < 1.29 is 28.8 Å². The van der Waals surface area contributed by atoms with Crippen LogP contribution in [0, 0.1) is 10.1 Å². The molecule has 1 heterocycles. The highest BCUT2D eigenvalue weighted by atomic mass is 16.6. The Balaban J connectivity index is 1.39. The molecular formula is C23H21N3O7. The number of nitrogens with one attached hydrogen (secondary N) is 1. The first kappa shape index (κ1) is 22.1. The maximum atomic E-state index is 12.9. The number of nitrogens with zero attached hydrogens (tertiary/aromatic N) is 2. The van der Waals surface area contributed by atoms with E-state index in [1.165, 1.54) is 47.4 Å². The Bertz CT molecular complexity index is 1150. The normalized spacial score (nSPS) is 15.8. The molecule has 0 spiro atoms. The molecule has 2 aliphatic rings. The van der Waals surface area contributed by atoms with E-state index in [-0.39, 0.29) is 40.0 Å². The van der Waals surface area contributed by atoms with E-state index in [2.05, 4.69) is 5.32 Å². The highest BCUT2D eigenvalue weighted by molar-refractivity contribution is 6.22. The molecule has 1 fully saturated rings. The third-order valence-electron chi connectivity index (χ3n) is 5.77. The van der Waals surface area contributed by atoms with E-state index < -0.39 is 29.3 Å². The third kappa shape index (κ3) is 4.59. The van der Waals surface area contributed by atoms with E-state index in [0.717, 1.165) is 32.1 Å². The number of anilines is 1. The fourth-order valence-electron chi connectivity index (χ4n) is 4.17. The number of carbonyl (C=O) groups is 4. The van der Waals surface area contributed by atoms with Gasteiger partial charge in [0.15, 0.2) is 6.61 Å². The van der Waals surface area contributed by atoms with Crippen LogP contribution in [0.2, 0.25) is 0 Å². The number of fused-ring (bicyclic) bond motifs is 1. The molecule has 0 aromatic heterocycles. The highest BCUT2D eigenvalue weighted by Gasteiger charge is 2.40. The monoisotopic (exact) mass is 451 g/mol. The fourth-order valence-corrected chi connectivity index (χ4v) is 4.17. The zero-order valence-electron chi connectivity index (χ0n) is 17.6. The van der Waals surface area contributed by atoms with Gasteiger partial charge >= 0.3 is 5.97 Å². The summed E-state index contributed by atoms with van der Waals surface area (Å²) in [4.78, 5) is 61.6. The summed E-state index contributed by atoms with van der Waals surface area (Å²) in [6.45, 7) is -0.625. The lowest BCUT2D eigenvalue weighted by Crippen LogP contribution is -2.40. The van der Waals surface area contributed by atoms with Gasteiger partial charge in [-0.05, 0) is 37.1 Å². The van der Waals surface area contributed by atoms with E-state index in [4.69, 9.17) is 4.74 Å². The van der Waals surface area contributed by atoms with Crippen molar-refractivity contribution in [2.75, 3.05) is 11.9 Å². The van der Waals surface area contributed by atoms with E-state index in [1.54, 1.807) is 0 Å². The number of non-ortho nitro benzene ring substituents is 1. The van der Waals surface area contributed by atoms with Crippen molar-refractivity contribution in [3.05, 3.63) is 69.3 Å². The van der Waals surface area contributed by atoms with Gasteiger partial charge in [-0.1, -0.05) is 25.3 Å². The van der Waals surface area contributed by atoms with Crippen LogP contribution in [0.3, 0.4) is 0 Å². The molecule has 1 aliphatic heterocycles. The smallest absolute Gasteiger partial charge is 0.338 e. The Morgan fingerprint density at radius 3 is 2.48 bits per heavy atom. The lowest BCUT2D eigenvalue weighted by Gasteiger charge is -2.29. The molecule has 33 heavy (non-hydrogen) atoms. The molecule has 10 nitrogen and oxygen atoms in total. The summed E-state index contributed by atoms with van der Waals surface area (Å²) in [5, 5.41) is 13.2. The topological polar surface area (TPSA) is 136 Å². The van der Waals surface area contributed by atoms with Gasteiger partial charge in [-0.2, -0.15) is 0 Å². The van der Waals surface area contributed by atoms with Crippen molar-refractivity contribution in [3.63, 3.8) is 0 Å². The minimum absolute atomic E-state index is 0.0449. The number of nitro benzene ring substituents is 1. The number of hydrogen-bond donors (Lipinski definition) is 1. The standard InChI is InChI=1S/C23H21N3O7/c27-20(24-15-5-4-8-17(12-15)26(31)32)13-33-23(30)14-9-10-18-19(11-14)22(29)25(21(18)28)16-6-2-1-3-7-16/h4-5,8-12,16H,1-3,6-7,13H2,(H,24,27). The average Bonchev–Trinajstić information content (AvgIpc) is 3.07. The van der Waals surface area contributed by atoms with E-state index in [9.17, 15) is 29.3 Å². The van der Waals surface area contributed by atoms with Gasteiger partial charge in [0.05, 0.1) is 21.6 Å². The molecule has 1 N–H and O–H groups in total. The molecule has 0 bridgehead atoms. The minimum atomic E-state index is -0.830. The molecule has 4 rings (SSSR count). The van der Waals surface area contributed by atoms with Crippen molar-refractivity contribution in [1.29, 1.82) is 0 Å². The summed E-state index contributed by atoms with van der Waals surface area (Å²) in [6.07, 6.45) is 4.58. The average molecular weight is 451 g/mol. The molecule has 170 valence electrons. The number of nitro groups is 1. The lowest BCUT2D eigenvalue weighted by atomic mass is 9.94. The molecule has 2 aromatic carbocycles. The maximum Gasteiger partial charge on any atom is 0.338 e. The predicted molar refractivity (Wildman–Crippen MR) is 116 cm³/mol. The molecule has 0 atom stereocenters. The zero-order chi connectivity index (χ0) is 23.5. The maximum absolute atomic E-state index is 12.9. The van der Waals surface area contributed by atoms with Crippen molar-refractivity contribution >= 4 is 35.1 Å². The Labute approximate surface area is 188 Å². The zero-order valence-corrected chi connectivity index (χ0v) is 17.6. The highest BCUT2D eigenvalue weighted by Crippen LogP contribution is 2.31. The summed E-state index contributed by atoms with van der Waals surface area (Å²) in [5.74, 6) is -2.28. The van der Waals surface area contributed by atoms with Crippen molar-refractivity contribution in [3.8, 4) is 0 Å². The molecular weight excluding hydrogens is 430 g/mol. The Morgan fingerprint density at radius 2 is 1.76 bits per heavy atom. The number of ether oxygens (including phenoxy) is 1. The molecule has 10 heteroatoms. The van der Waals surface area contributed by atoms with Gasteiger partial charge in [-0.15, -0.1) is 0 Å². The fraction of sp³-hybridized carbons (Fsp3) is 0.304. The number of esters is 1. The van der Waals surface area contributed by atoms with Gasteiger partial charge in [0.25, 0.3) is 23.4 Å². The van der Waals surface area contributed by atoms with Crippen molar-refractivity contribution in [2.45, 2.75) is 38.1 Å². The van der Waals surface area contributed by atoms with Crippen LogP contribution in [-0.2, 0) is 9.53 Å². The first-order chi connectivity index (χ1) is 15.8. The summed E-state index contributed by atoms with van der Waals surface area (Å²) in [7, 11) is 0. The molecule has 0 unspecified atom stereocenters. The largest absolute Gasteiger partial charge is 0.452 e.